The predicted molar refractivity (Wildman–Crippen MR) is 71.8 cm³/mol. The zero-order valence-electron chi connectivity index (χ0n) is 11.6. The molecule has 0 radical (unpaired) electrons. The molecule has 4 nitrogen and oxygen atoms in total. The van der Waals surface area contributed by atoms with Gasteiger partial charge in [0.25, 0.3) is 0 Å². The highest BCUT2D eigenvalue weighted by atomic mass is 16.5. The number of nitrogens with zero attached hydrogens (tertiary/aromatic N) is 2. The summed E-state index contributed by atoms with van der Waals surface area (Å²) in [5, 5.41) is 8.97. The van der Waals surface area contributed by atoms with Gasteiger partial charge in [0.2, 0.25) is 0 Å². The van der Waals surface area contributed by atoms with Crippen molar-refractivity contribution in [3.05, 3.63) is 23.9 Å². The Hall–Kier alpha value is -1.42. The van der Waals surface area contributed by atoms with E-state index in [4.69, 9.17) is 5.21 Å². The molecule has 0 aromatic carbocycles. The van der Waals surface area contributed by atoms with Gasteiger partial charge in [-0.2, -0.15) is 0 Å². The van der Waals surface area contributed by atoms with E-state index in [9.17, 15) is 0 Å². The number of nitrogens with one attached hydrogen (secondary N) is 1. The fourth-order valence-electron chi connectivity index (χ4n) is 1.00. The average molecular weight is 237 g/mol. The van der Waals surface area contributed by atoms with Crippen LogP contribution >= 0.6 is 0 Å². The highest BCUT2D eigenvalue weighted by Crippen LogP contribution is 2.18. The topological polar surface area (TPSA) is 57.5 Å². The number of pyridine rings is 1. The standard InChI is InChI=1S/C11H17N3O.C2H6/c1-8-5-6-9(12-7-8)13-10(14-15)11(2,3)4;1-2/h5-7,15H,1-4H3,(H,12,13,14);1-2H3. The van der Waals surface area contributed by atoms with Crippen LogP contribution in [0.25, 0.3) is 0 Å². The maximum Gasteiger partial charge on any atom is 0.153 e. The molecule has 96 valence electrons. The first-order chi connectivity index (χ1) is 7.93. The molecule has 1 heterocycles. The van der Waals surface area contributed by atoms with Crippen molar-refractivity contribution in [3.63, 3.8) is 0 Å². The van der Waals surface area contributed by atoms with E-state index in [0.717, 1.165) is 5.56 Å². The van der Waals surface area contributed by atoms with Crippen LogP contribution in [0.5, 0.6) is 0 Å². The van der Waals surface area contributed by atoms with Crippen molar-refractivity contribution >= 4 is 11.7 Å². The number of aromatic nitrogens is 1. The zero-order chi connectivity index (χ0) is 13.5. The smallest absolute Gasteiger partial charge is 0.153 e. The van der Waals surface area contributed by atoms with Crippen molar-refractivity contribution in [2.24, 2.45) is 10.4 Å². The van der Waals surface area contributed by atoms with Crippen LogP contribution in [0.1, 0.15) is 40.2 Å². The van der Waals surface area contributed by atoms with E-state index < -0.39 is 0 Å². The van der Waals surface area contributed by atoms with E-state index in [1.165, 1.54) is 0 Å². The van der Waals surface area contributed by atoms with Crippen LogP contribution in [0.4, 0.5) is 5.82 Å². The van der Waals surface area contributed by atoms with Gasteiger partial charge in [-0.15, -0.1) is 0 Å². The van der Waals surface area contributed by atoms with E-state index in [1.807, 2.05) is 53.7 Å². The third-order valence-corrected chi connectivity index (χ3v) is 1.94. The molecule has 4 heteroatoms. The molecule has 2 N–H and O–H groups in total. The molecule has 0 fully saturated rings. The summed E-state index contributed by atoms with van der Waals surface area (Å²) in [6.07, 6.45) is 1.75. The zero-order valence-corrected chi connectivity index (χ0v) is 11.6. The number of aliphatic imine (C=N–C) groups is 1. The SMILES string of the molecule is CC.Cc1ccc(N=C(NO)C(C)(C)C)nc1. The van der Waals surface area contributed by atoms with Gasteiger partial charge in [-0.05, 0) is 18.6 Å². The maximum absolute atomic E-state index is 8.97. The molecule has 0 saturated heterocycles. The first-order valence-electron chi connectivity index (χ1n) is 5.85. The summed E-state index contributed by atoms with van der Waals surface area (Å²) in [5.74, 6) is 1.09. The molecule has 0 aliphatic rings. The van der Waals surface area contributed by atoms with Gasteiger partial charge >= 0.3 is 0 Å². The minimum atomic E-state index is -0.235. The lowest BCUT2D eigenvalue weighted by Crippen LogP contribution is -2.32. The van der Waals surface area contributed by atoms with Gasteiger partial charge in [0.15, 0.2) is 5.82 Å². The van der Waals surface area contributed by atoms with Crippen LogP contribution in [0.2, 0.25) is 0 Å². The highest BCUT2D eigenvalue weighted by Gasteiger charge is 2.18. The highest BCUT2D eigenvalue weighted by molar-refractivity contribution is 5.87. The van der Waals surface area contributed by atoms with Crippen LogP contribution < -0.4 is 5.48 Å². The van der Waals surface area contributed by atoms with Crippen molar-refractivity contribution in [1.29, 1.82) is 0 Å². The monoisotopic (exact) mass is 237 g/mol. The van der Waals surface area contributed by atoms with Gasteiger partial charge < -0.3 is 0 Å². The summed E-state index contributed by atoms with van der Waals surface area (Å²) in [4.78, 5) is 8.37. The van der Waals surface area contributed by atoms with Gasteiger partial charge in [0.1, 0.15) is 5.84 Å². The molecule has 1 rings (SSSR count). The van der Waals surface area contributed by atoms with Gasteiger partial charge in [0.05, 0.1) is 0 Å². The van der Waals surface area contributed by atoms with E-state index in [0.29, 0.717) is 11.7 Å². The molecule has 0 spiro atoms. The van der Waals surface area contributed by atoms with Crippen LogP contribution in [0.15, 0.2) is 23.3 Å². The third kappa shape index (κ3) is 5.45. The average Bonchev–Trinajstić information content (AvgIpc) is 2.29. The number of aryl methyl sites for hydroxylation is 1. The third-order valence-electron chi connectivity index (χ3n) is 1.94. The van der Waals surface area contributed by atoms with Crippen molar-refractivity contribution in [1.82, 2.24) is 10.5 Å². The number of rotatable bonds is 1. The molecular weight excluding hydrogens is 214 g/mol. The van der Waals surface area contributed by atoms with E-state index in [-0.39, 0.29) is 5.41 Å². The summed E-state index contributed by atoms with van der Waals surface area (Å²) >= 11 is 0. The van der Waals surface area contributed by atoms with Gasteiger partial charge in [-0.1, -0.05) is 40.7 Å². The number of hydroxylamine groups is 1. The van der Waals surface area contributed by atoms with Crippen LogP contribution in [-0.2, 0) is 0 Å². The molecular formula is C13H23N3O. The molecule has 0 saturated carbocycles. The maximum atomic E-state index is 8.97. The van der Waals surface area contributed by atoms with Crippen LogP contribution in [0, 0.1) is 12.3 Å². The lowest BCUT2D eigenvalue weighted by molar-refractivity contribution is 0.221. The Bertz CT molecular complexity index is 350. The number of hydrogen-bond donors (Lipinski definition) is 2. The molecule has 0 aliphatic carbocycles. The Balaban J connectivity index is 0.00000121. The number of hydrogen-bond acceptors (Lipinski definition) is 3. The van der Waals surface area contributed by atoms with Gasteiger partial charge in [-0.3, -0.25) is 10.7 Å². The second kappa shape index (κ2) is 7.01. The molecule has 0 aliphatic heterocycles. The Labute approximate surface area is 104 Å². The molecule has 17 heavy (non-hydrogen) atoms. The summed E-state index contributed by atoms with van der Waals surface area (Å²) in [6.45, 7) is 11.9. The summed E-state index contributed by atoms with van der Waals surface area (Å²) in [7, 11) is 0. The Morgan fingerprint density at radius 1 is 1.29 bits per heavy atom. The lowest BCUT2D eigenvalue weighted by Gasteiger charge is -2.19. The molecule has 0 bridgehead atoms. The van der Waals surface area contributed by atoms with Gasteiger partial charge in [-0.25, -0.2) is 9.98 Å². The largest absolute Gasteiger partial charge is 0.290 e. The minimum absolute atomic E-state index is 0.235. The Morgan fingerprint density at radius 2 is 1.88 bits per heavy atom. The molecule has 0 amide bonds. The Morgan fingerprint density at radius 3 is 2.24 bits per heavy atom. The van der Waals surface area contributed by atoms with Crippen molar-refractivity contribution in [2.75, 3.05) is 0 Å². The fourth-order valence-corrected chi connectivity index (χ4v) is 1.00. The predicted octanol–water partition coefficient (Wildman–Crippen LogP) is 3.47. The molecule has 0 unspecified atom stereocenters. The molecule has 0 atom stereocenters. The quantitative estimate of drug-likeness (QED) is 0.446. The molecule has 1 aromatic heterocycles. The minimum Gasteiger partial charge on any atom is -0.290 e. The van der Waals surface area contributed by atoms with Crippen molar-refractivity contribution in [3.8, 4) is 0 Å². The normalized spacial score (nSPS) is 11.6. The summed E-state index contributed by atoms with van der Waals surface area (Å²) in [5.41, 5.74) is 2.97. The van der Waals surface area contributed by atoms with Crippen LogP contribution in [0.3, 0.4) is 0 Å². The van der Waals surface area contributed by atoms with E-state index in [2.05, 4.69) is 15.5 Å². The fraction of sp³-hybridized carbons (Fsp3) is 0.538. The van der Waals surface area contributed by atoms with E-state index in [1.54, 1.807) is 6.20 Å². The van der Waals surface area contributed by atoms with Gasteiger partial charge in [0, 0.05) is 11.6 Å². The first kappa shape index (κ1) is 15.6. The van der Waals surface area contributed by atoms with Crippen LogP contribution in [-0.4, -0.2) is 16.0 Å². The summed E-state index contributed by atoms with van der Waals surface area (Å²) < 4.78 is 0. The van der Waals surface area contributed by atoms with E-state index >= 15 is 0 Å². The van der Waals surface area contributed by atoms with Crippen molar-refractivity contribution < 1.29 is 5.21 Å². The van der Waals surface area contributed by atoms with Crippen molar-refractivity contribution in [2.45, 2.75) is 41.5 Å². The number of amidine groups is 1. The Kier molecular flexibility index (Phi) is 6.43. The first-order valence-corrected chi connectivity index (χ1v) is 5.85. The lowest BCUT2D eigenvalue weighted by atomic mass is 9.95. The second-order valence-electron chi connectivity index (χ2n) is 4.52. The summed E-state index contributed by atoms with van der Waals surface area (Å²) in [6, 6.07) is 3.75. The second-order valence-corrected chi connectivity index (χ2v) is 4.52. The molecule has 1 aromatic rings.